The van der Waals surface area contributed by atoms with Crippen molar-refractivity contribution in [2.24, 2.45) is 0 Å². The minimum Gasteiger partial charge on any atom is -0.283 e. The van der Waals surface area contributed by atoms with Crippen molar-refractivity contribution in [1.82, 2.24) is 14.5 Å². The number of fused-ring (bicyclic) bond motifs is 1. The summed E-state index contributed by atoms with van der Waals surface area (Å²) >= 11 is 1.55. The van der Waals surface area contributed by atoms with Gasteiger partial charge in [0.25, 0.3) is 5.56 Å². The Morgan fingerprint density at radius 2 is 1.95 bits per heavy atom. The topological polar surface area (TPSA) is 47.8 Å². The van der Waals surface area contributed by atoms with Crippen LogP contribution in [-0.2, 0) is 12.3 Å². The van der Waals surface area contributed by atoms with Crippen molar-refractivity contribution in [3.63, 3.8) is 0 Å². The van der Waals surface area contributed by atoms with Crippen LogP contribution in [0.4, 0.5) is 0 Å². The smallest absolute Gasteiger partial charge is 0.262 e. The first-order chi connectivity index (χ1) is 10.8. The second-order valence-corrected chi connectivity index (χ2v) is 5.70. The number of thioether (sulfide) groups is 1. The van der Waals surface area contributed by atoms with E-state index in [-0.39, 0.29) is 5.56 Å². The Bertz CT molecular complexity index is 859. The largest absolute Gasteiger partial charge is 0.283 e. The van der Waals surface area contributed by atoms with E-state index in [1.54, 1.807) is 34.8 Å². The lowest BCUT2D eigenvalue weighted by atomic mass is 10.2. The van der Waals surface area contributed by atoms with Gasteiger partial charge in [0.15, 0.2) is 5.16 Å². The third-order valence-electron chi connectivity index (χ3n) is 3.26. The number of allylic oxidation sites excluding steroid dienone is 1. The molecule has 3 rings (SSSR count). The monoisotopic (exact) mass is 309 g/mol. The average Bonchev–Trinajstić information content (AvgIpc) is 2.57. The van der Waals surface area contributed by atoms with Crippen LogP contribution < -0.4 is 5.56 Å². The zero-order chi connectivity index (χ0) is 15.4. The number of pyridine rings is 1. The summed E-state index contributed by atoms with van der Waals surface area (Å²) in [7, 11) is 0. The third-order valence-corrected chi connectivity index (χ3v) is 4.30. The molecule has 0 N–H and O–H groups in total. The Hall–Kier alpha value is -2.40. The van der Waals surface area contributed by atoms with Gasteiger partial charge in [0.2, 0.25) is 0 Å². The summed E-state index contributed by atoms with van der Waals surface area (Å²) in [6, 6.07) is 11.3. The molecule has 22 heavy (non-hydrogen) atoms. The quantitative estimate of drug-likeness (QED) is 0.412. The molecule has 3 aromatic rings. The first-order valence-corrected chi connectivity index (χ1v) is 7.90. The van der Waals surface area contributed by atoms with Gasteiger partial charge in [0.1, 0.15) is 0 Å². The van der Waals surface area contributed by atoms with E-state index in [2.05, 4.69) is 16.5 Å². The van der Waals surface area contributed by atoms with E-state index in [0.29, 0.717) is 17.1 Å². The summed E-state index contributed by atoms with van der Waals surface area (Å²) in [4.78, 5) is 21.2. The maximum absolute atomic E-state index is 12.6. The van der Waals surface area contributed by atoms with Crippen molar-refractivity contribution < 1.29 is 0 Å². The Labute approximate surface area is 132 Å². The van der Waals surface area contributed by atoms with Crippen LogP contribution in [0.2, 0.25) is 0 Å². The molecule has 0 aliphatic heterocycles. The predicted molar refractivity (Wildman–Crippen MR) is 90.0 cm³/mol. The van der Waals surface area contributed by atoms with E-state index in [9.17, 15) is 4.79 Å². The fourth-order valence-corrected chi connectivity index (χ4v) is 3.14. The molecule has 0 unspecified atom stereocenters. The summed E-state index contributed by atoms with van der Waals surface area (Å²) in [5.74, 6) is 0.741. The maximum Gasteiger partial charge on any atom is 0.262 e. The summed E-state index contributed by atoms with van der Waals surface area (Å²) < 4.78 is 1.67. The molecule has 0 aliphatic rings. The molecule has 0 radical (unpaired) electrons. The molecule has 0 saturated heterocycles. The number of para-hydroxylation sites is 1. The first-order valence-electron chi connectivity index (χ1n) is 6.92. The molecular weight excluding hydrogens is 294 g/mol. The van der Waals surface area contributed by atoms with Crippen LogP contribution in [0, 0.1) is 0 Å². The highest BCUT2D eigenvalue weighted by Gasteiger charge is 2.10. The van der Waals surface area contributed by atoms with Gasteiger partial charge in [-0.25, -0.2) is 4.98 Å². The minimum absolute atomic E-state index is 0.0253. The molecule has 0 aliphatic carbocycles. The number of hydrogen-bond acceptors (Lipinski definition) is 4. The average molecular weight is 309 g/mol. The lowest BCUT2D eigenvalue weighted by molar-refractivity contribution is 0.671. The van der Waals surface area contributed by atoms with Crippen molar-refractivity contribution in [3.05, 3.63) is 77.4 Å². The molecule has 0 atom stereocenters. The van der Waals surface area contributed by atoms with Gasteiger partial charge in [-0.2, -0.15) is 0 Å². The molecule has 0 bridgehead atoms. The van der Waals surface area contributed by atoms with Crippen LogP contribution in [0.3, 0.4) is 0 Å². The van der Waals surface area contributed by atoms with Crippen LogP contribution in [-0.4, -0.2) is 14.5 Å². The van der Waals surface area contributed by atoms with Crippen LogP contribution in [0.1, 0.15) is 5.56 Å². The lowest BCUT2D eigenvalue weighted by Gasteiger charge is -2.11. The Morgan fingerprint density at radius 1 is 1.18 bits per heavy atom. The Morgan fingerprint density at radius 3 is 2.73 bits per heavy atom. The molecule has 4 nitrogen and oxygen atoms in total. The number of hydrogen-bond donors (Lipinski definition) is 0. The van der Waals surface area contributed by atoms with Crippen LogP contribution in [0.25, 0.3) is 10.9 Å². The Kier molecular flexibility index (Phi) is 4.34. The third kappa shape index (κ3) is 2.94. The molecule has 0 fully saturated rings. The van der Waals surface area contributed by atoms with E-state index >= 15 is 0 Å². The van der Waals surface area contributed by atoms with Crippen molar-refractivity contribution in [3.8, 4) is 0 Å². The summed E-state index contributed by atoms with van der Waals surface area (Å²) in [6.45, 7) is 4.19. The van der Waals surface area contributed by atoms with Gasteiger partial charge < -0.3 is 0 Å². The second kappa shape index (κ2) is 6.58. The molecule has 0 saturated carbocycles. The summed E-state index contributed by atoms with van der Waals surface area (Å²) in [6.07, 6.45) is 5.25. The molecule has 0 amide bonds. The van der Waals surface area contributed by atoms with Crippen LogP contribution in [0.15, 0.2) is 71.4 Å². The summed E-state index contributed by atoms with van der Waals surface area (Å²) in [5.41, 5.74) is 1.85. The predicted octanol–water partition coefficient (Wildman–Crippen LogP) is 3.27. The number of nitrogens with zero attached hydrogens (tertiary/aromatic N) is 3. The molecular formula is C17H15N3OS. The van der Waals surface area contributed by atoms with Crippen molar-refractivity contribution in [2.45, 2.75) is 17.5 Å². The zero-order valence-corrected chi connectivity index (χ0v) is 12.8. The highest BCUT2D eigenvalue weighted by Crippen LogP contribution is 2.21. The lowest BCUT2D eigenvalue weighted by Crippen LogP contribution is -2.22. The maximum atomic E-state index is 12.6. The highest BCUT2D eigenvalue weighted by molar-refractivity contribution is 7.98. The second-order valence-electron chi connectivity index (χ2n) is 4.76. The van der Waals surface area contributed by atoms with E-state index in [1.807, 2.05) is 36.4 Å². The number of rotatable bonds is 5. The van der Waals surface area contributed by atoms with Gasteiger partial charge in [0.05, 0.1) is 10.9 Å². The molecule has 2 heterocycles. The fourth-order valence-electron chi connectivity index (χ4n) is 2.17. The van der Waals surface area contributed by atoms with E-state index in [0.717, 1.165) is 16.8 Å². The van der Waals surface area contributed by atoms with E-state index in [1.165, 1.54) is 0 Å². The summed E-state index contributed by atoms with van der Waals surface area (Å²) in [5, 5.41) is 1.35. The minimum atomic E-state index is -0.0253. The molecule has 0 spiro atoms. The zero-order valence-electron chi connectivity index (χ0n) is 12.0. The normalized spacial score (nSPS) is 10.7. The fraction of sp³-hybridized carbons (Fsp3) is 0.118. The van der Waals surface area contributed by atoms with Gasteiger partial charge in [-0.05, 0) is 29.8 Å². The van der Waals surface area contributed by atoms with Crippen molar-refractivity contribution in [2.75, 3.05) is 0 Å². The number of benzene rings is 1. The van der Waals surface area contributed by atoms with Gasteiger partial charge in [-0.15, -0.1) is 6.58 Å². The molecule has 2 aromatic heterocycles. The van der Waals surface area contributed by atoms with E-state index < -0.39 is 0 Å². The van der Waals surface area contributed by atoms with Gasteiger partial charge in [0, 0.05) is 24.7 Å². The van der Waals surface area contributed by atoms with Gasteiger partial charge >= 0.3 is 0 Å². The highest BCUT2D eigenvalue weighted by atomic mass is 32.2. The first kappa shape index (κ1) is 14.5. The standard InChI is InChI=1S/C17H15N3OS/c1-2-11-20-16(21)14-5-3-4-6-15(14)19-17(20)22-12-13-7-9-18-10-8-13/h2-10H,1,11-12H2. The molecule has 1 aromatic carbocycles. The number of aromatic nitrogens is 3. The van der Waals surface area contributed by atoms with Crippen LogP contribution in [0.5, 0.6) is 0 Å². The van der Waals surface area contributed by atoms with Gasteiger partial charge in [-0.1, -0.05) is 30.0 Å². The van der Waals surface area contributed by atoms with Crippen LogP contribution >= 0.6 is 11.8 Å². The Balaban J connectivity index is 2.01. The molecule has 110 valence electrons. The molecule has 5 heteroatoms. The van der Waals surface area contributed by atoms with Gasteiger partial charge in [-0.3, -0.25) is 14.3 Å². The van der Waals surface area contributed by atoms with E-state index in [4.69, 9.17) is 0 Å². The van der Waals surface area contributed by atoms with Crippen molar-refractivity contribution in [1.29, 1.82) is 0 Å². The van der Waals surface area contributed by atoms with Crippen molar-refractivity contribution >= 4 is 22.7 Å². The SMILES string of the molecule is C=CCn1c(SCc2ccncc2)nc2ccccc2c1=O.